The minimum Gasteiger partial charge on any atom is -0.494 e. The highest BCUT2D eigenvalue weighted by molar-refractivity contribution is 7.85. The first kappa shape index (κ1) is 20.6. The van der Waals surface area contributed by atoms with Crippen LogP contribution in [0.4, 0.5) is 0 Å². The fourth-order valence-electron chi connectivity index (χ4n) is 3.07. The number of aromatic amines is 2. The number of para-hydroxylation sites is 1. The van der Waals surface area contributed by atoms with E-state index in [2.05, 4.69) is 48.1 Å². The Labute approximate surface area is 169 Å². The molecule has 2 aromatic heterocycles. The lowest BCUT2D eigenvalue weighted by Crippen LogP contribution is -1.93. The maximum atomic E-state index is 9.19. The van der Waals surface area contributed by atoms with Crippen LogP contribution in [-0.2, 0) is 14.9 Å². The van der Waals surface area contributed by atoms with Crippen LogP contribution in [-0.4, -0.2) is 42.0 Å². The predicted molar refractivity (Wildman–Crippen MR) is 116 cm³/mol. The highest BCUT2D eigenvalue weighted by Gasteiger charge is 2.18. The lowest BCUT2D eigenvalue weighted by molar-refractivity contribution is 0.303. The summed E-state index contributed by atoms with van der Waals surface area (Å²) < 4.78 is 31.4. The maximum absolute atomic E-state index is 9.19. The zero-order chi connectivity index (χ0) is 21.2. The van der Waals surface area contributed by atoms with E-state index >= 15 is 0 Å². The number of aryl methyl sites for hydroxylation is 2. The minimum atomic E-state index is -3.67. The molecule has 3 N–H and O–H groups in total. The highest BCUT2D eigenvalue weighted by atomic mass is 32.2. The zero-order valence-electron chi connectivity index (χ0n) is 16.6. The molecule has 8 heteroatoms. The van der Waals surface area contributed by atoms with Crippen LogP contribution in [0.25, 0.3) is 17.0 Å². The van der Waals surface area contributed by atoms with Gasteiger partial charge in [0.05, 0.1) is 24.8 Å². The van der Waals surface area contributed by atoms with Crippen molar-refractivity contribution < 1.29 is 17.7 Å². The van der Waals surface area contributed by atoms with E-state index < -0.39 is 10.1 Å². The number of hydrogen-bond acceptors (Lipinski definition) is 4. The highest BCUT2D eigenvalue weighted by Crippen LogP contribution is 2.27. The van der Waals surface area contributed by atoms with E-state index in [9.17, 15) is 8.42 Å². The van der Waals surface area contributed by atoms with Crippen molar-refractivity contribution in [2.75, 3.05) is 13.4 Å². The quantitative estimate of drug-likeness (QED) is 0.564. The van der Waals surface area contributed by atoms with Crippen molar-refractivity contribution >= 4 is 32.8 Å². The molecule has 3 heterocycles. The van der Waals surface area contributed by atoms with E-state index in [-0.39, 0.29) is 0 Å². The first-order valence-corrected chi connectivity index (χ1v) is 10.7. The Balaban J connectivity index is 0.000000431. The van der Waals surface area contributed by atoms with Crippen LogP contribution in [0.15, 0.2) is 58.9 Å². The van der Waals surface area contributed by atoms with Crippen molar-refractivity contribution in [3.8, 4) is 0 Å². The van der Waals surface area contributed by atoms with Crippen molar-refractivity contribution in [2.24, 2.45) is 4.99 Å². The van der Waals surface area contributed by atoms with E-state index in [0.29, 0.717) is 6.26 Å². The molecule has 0 bridgehead atoms. The fourth-order valence-corrected chi connectivity index (χ4v) is 3.07. The zero-order valence-corrected chi connectivity index (χ0v) is 17.5. The molecule has 0 aliphatic carbocycles. The van der Waals surface area contributed by atoms with Gasteiger partial charge in [-0.25, -0.2) is 4.99 Å². The normalized spacial score (nSPS) is 15.1. The van der Waals surface area contributed by atoms with Gasteiger partial charge in [-0.2, -0.15) is 8.42 Å². The van der Waals surface area contributed by atoms with Gasteiger partial charge < -0.3 is 14.7 Å². The third kappa shape index (κ3) is 5.24. The van der Waals surface area contributed by atoms with Crippen LogP contribution >= 0.6 is 0 Å². The Bertz CT molecular complexity index is 1200. The summed E-state index contributed by atoms with van der Waals surface area (Å²) in [5, 5.41) is 1.18. The van der Waals surface area contributed by atoms with Crippen molar-refractivity contribution in [3.63, 3.8) is 0 Å². The number of aromatic nitrogens is 2. The van der Waals surface area contributed by atoms with Crippen LogP contribution in [0.5, 0.6) is 0 Å². The molecule has 152 valence electrons. The molecule has 1 aromatic carbocycles. The number of H-pyrrole nitrogens is 2. The summed E-state index contributed by atoms with van der Waals surface area (Å²) in [4.78, 5) is 11.5. The average molecular weight is 413 g/mol. The van der Waals surface area contributed by atoms with Gasteiger partial charge in [-0.3, -0.25) is 4.55 Å². The van der Waals surface area contributed by atoms with Gasteiger partial charge >= 0.3 is 0 Å². The van der Waals surface area contributed by atoms with Crippen molar-refractivity contribution in [2.45, 2.75) is 13.8 Å². The molecule has 0 amide bonds. The summed E-state index contributed by atoms with van der Waals surface area (Å²) in [6.07, 6.45) is 4.72. The standard InChI is InChI=1S/C20H19N3O.CH4O3S/c1-12-8-13(2)21-16(12)10-19-20(24-3)11-18(23-19)17-9-14-6-4-5-7-15(14)22-17;1-5(2,3)4/h4-11,21-22H,1-3H3;1H3,(H,2,3,4). The molecule has 0 saturated carbocycles. The first-order valence-electron chi connectivity index (χ1n) is 8.87. The molecule has 29 heavy (non-hydrogen) atoms. The van der Waals surface area contributed by atoms with Gasteiger partial charge in [0.15, 0.2) is 0 Å². The van der Waals surface area contributed by atoms with Crippen LogP contribution in [0, 0.1) is 13.8 Å². The van der Waals surface area contributed by atoms with E-state index in [4.69, 9.17) is 14.3 Å². The van der Waals surface area contributed by atoms with E-state index in [0.717, 1.165) is 39.8 Å². The Morgan fingerprint density at radius 3 is 2.41 bits per heavy atom. The number of rotatable bonds is 3. The Morgan fingerprint density at radius 1 is 1.14 bits per heavy atom. The number of benzene rings is 1. The number of nitrogens with one attached hydrogen (secondary N) is 2. The molecule has 0 spiro atoms. The molecule has 0 radical (unpaired) electrons. The predicted octanol–water partition coefficient (Wildman–Crippen LogP) is 3.99. The van der Waals surface area contributed by atoms with Crippen LogP contribution in [0.2, 0.25) is 0 Å². The number of nitrogens with zero attached hydrogens (tertiary/aromatic N) is 1. The average Bonchev–Trinajstić information content (AvgIpc) is 3.30. The van der Waals surface area contributed by atoms with Gasteiger partial charge in [-0.05, 0) is 43.7 Å². The summed E-state index contributed by atoms with van der Waals surface area (Å²) in [7, 11) is -1.99. The Kier molecular flexibility index (Phi) is 5.76. The van der Waals surface area contributed by atoms with Gasteiger partial charge in [-0.15, -0.1) is 0 Å². The Morgan fingerprint density at radius 2 is 1.83 bits per heavy atom. The lowest BCUT2D eigenvalue weighted by atomic mass is 10.2. The number of methoxy groups -OCH3 is 1. The molecule has 7 nitrogen and oxygen atoms in total. The smallest absolute Gasteiger partial charge is 0.261 e. The van der Waals surface area contributed by atoms with Gasteiger partial charge in [0.2, 0.25) is 0 Å². The summed E-state index contributed by atoms with van der Waals surface area (Å²) in [5.74, 6) is 0.773. The number of aliphatic imine (C=N–C) groups is 1. The third-order valence-corrected chi connectivity index (χ3v) is 4.26. The third-order valence-electron chi connectivity index (χ3n) is 4.26. The van der Waals surface area contributed by atoms with E-state index in [1.807, 2.05) is 24.3 Å². The molecule has 4 rings (SSSR count). The first-order chi connectivity index (χ1) is 13.6. The molecular formula is C21H23N3O4S. The SMILES string of the molecule is COC1=CC(c2cc3ccccc3[nH]2)=NC1=Cc1[nH]c(C)cc1C.CS(=O)(=O)O. The second kappa shape index (κ2) is 8.10. The molecule has 3 aromatic rings. The molecule has 0 unspecified atom stereocenters. The topological polar surface area (TPSA) is 108 Å². The monoisotopic (exact) mass is 413 g/mol. The van der Waals surface area contributed by atoms with Gasteiger partial charge in [0.25, 0.3) is 10.1 Å². The summed E-state index contributed by atoms with van der Waals surface area (Å²) >= 11 is 0. The Hall–Kier alpha value is -3.10. The molecule has 1 aliphatic rings. The maximum Gasteiger partial charge on any atom is 0.261 e. The summed E-state index contributed by atoms with van der Waals surface area (Å²) in [6.45, 7) is 4.14. The van der Waals surface area contributed by atoms with Gasteiger partial charge in [0, 0.05) is 28.4 Å². The number of hydrogen-bond donors (Lipinski definition) is 3. The lowest BCUT2D eigenvalue weighted by Gasteiger charge is -2.01. The summed E-state index contributed by atoms with van der Waals surface area (Å²) in [5.41, 5.74) is 7.22. The minimum absolute atomic E-state index is 0.715. The van der Waals surface area contributed by atoms with E-state index in [1.54, 1.807) is 7.11 Å². The molecule has 0 atom stereocenters. The second-order valence-corrected chi connectivity index (χ2v) is 8.26. The van der Waals surface area contributed by atoms with Crippen LogP contribution < -0.4 is 0 Å². The van der Waals surface area contributed by atoms with Crippen LogP contribution in [0.3, 0.4) is 0 Å². The molecule has 1 aliphatic heterocycles. The van der Waals surface area contributed by atoms with E-state index in [1.165, 1.54) is 10.9 Å². The number of allylic oxidation sites excluding steroid dienone is 1. The molecular weight excluding hydrogens is 390 g/mol. The largest absolute Gasteiger partial charge is 0.494 e. The van der Waals surface area contributed by atoms with Crippen molar-refractivity contribution in [1.29, 1.82) is 0 Å². The fraction of sp³-hybridized carbons (Fsp3) is 0.190. The van der Waals surface area contributed by atoms with Gasteiger partial charge in [0.1, 0.15) is 11.5 Å². The molecule has 0 fully saturated rings. The van der Waals surface area contributed by atoms with Crippen molar-refractivity contribution in [1.82, 2.24) is 9.97 Å². The number of fused-ring (bicyclic) bond motifs is 1. The van der Waals surface area contributed by atoms with Crippen molar-refractivity contribution in [3.05, 3.63) is 76.6 Å². The molecule has 0 saturated heterocycles. The van der Waals surface area contributed by atoms with Crippen LogP contribution in [0.1, 0.15) is 22.6 Å². The van der Waals surface area contributed by atoms with Gasteiger partial charge in [-0.1, -0.05) is 18.2 Å². The second-order valence-electron chi connectivity index (χ2n) is 6.79. The number of ether oxygens (including phenoxy) is 1. The summed E-state index contributed by atoms with van der Waals surface area (Å²) in [6, 6.07) is 12.5.